The lowest BCUT2D eigenvalue weighted by Crippen LogP contribution is -2.22. The molecule has 2 rings (SSSR count). The van der Waals surface area contributed by atoms with Crippen LogP contribution in [0.15, 0.2) is 18.3 Å². The van der Waals surface area contributed by atoms with Crippen molar-refractivity contribution in [3.8, 4) is 0 Å². The molecule has 6 heteroatoms. The second-order valence-corrected chi connectivity index (χ2v) is 6.10. The van der Waals surface area contributed by atoms with Gasteiger partial charge in [0.25, 0.3) is 0 Å². The largest absolute Gasteiger partial charge is 0.459 e. The van der Waals surface area contributed by atoms with Crippen molar-refractivity contribution in [1.82, 2.24) is 4.98 Å². The van der Waals surface area contributed by atoms with E-state index in [4.69, 9.17) is 21.1 Å². The minimum absolute atomic E-state index is 0.167. The first-order valence-corrected chi connectivity index (χ1v) is 8.23. The molecule has 20 heavy (non-hydrogen) atoms. The number of carbonyl (C=O) groups is 1. The molecule has 1 saturated heterocycles. The number of hydrogen-bond acceptors (Lipinski definition) is 5. The monoisotopic (exact) mass is 315 g/mol. The average Bonchev–Trinajstić information content (AvgIpc) is 2.46. The van der Waals surface area contributed by atoms with Crippen LogP contribution in [0, 0.1) is 0 Å². The first kappa shape index (κ1) is 15.6. The van der Waals surface area contributed by atoms with Crippen molar-refractivity contribution in [3.05, 3.63) is 29.0 Å². The van der Waals surface area contributed by atoms with Crippen LogP contribution in [0.3, 0.4) is 0 Å². The molecule has 1 aliphatic rings. The van der Waals surface area contributed by atoms with Gasteiger partial charge < -0.3 is 9.47 Å². The fraction of sp³-hybridized carbons (Fsp3) is 0.571. The van der Waals surface area contributed by atoms with Gasteiger partial charge in [0.05, 0.1) is 17.6 Å². The highest BCUT2D eigenvalue weighted by molar-refractivity contribution is 7.99. The van der Waals surface area contributed by atoms with Gasteiger partial charge in [-0.15, -0.1) is 11.8 Å². The topological polar surface area (TPSA) is 48.4 Å². The highest BCUT2D eigenvalue weighted by Crippen LogP contribution is 2.17. The second-order valence-electron chi connectivity index (χ2n) is 4.63. The second kappa shape index (κ2) is 8.49. The van der Waals surface area contributed by atoms with Crippen molar-refractivity contribution in [1.29, 1.82) is 0 Å². The molecule has 0 radical (unpaired) electrons. The van der Waals surface area contributed by atoms with Crippen LogP contribution in [0.5, 0.6) is 0 Å². The number of pyridine rings is 1. The van der Waals surface area contributed by atoms with Crippen LogP contribution in [0.25, 0.3) is 0 Å². The Hall–Kier alpha value is -0.780. The maximum absolute atomic E-state index is 11.6. The van der Waals surface area contributed by atoms with Gasteiger partial charge in [-0.25, -0.2) is 0 Å². The summed E-state index contributed by atoms with van der Waals surface area (Å²) < 4.78 is 10.8. The Morgan fingerprint density at radius 2 is 2.45 bits per heavy atom. The van der Waals surface area contributed by atoms with E-state index in [1.807, 2.05) is 0 Å². The van der Waals surface area contributed by atoms with Gasteiger partial charge in [-0.05, 0) is 31.4 Å². The summed E-state index contributed by atoms with van der Waals surface area (Å²) in [5, 5.41) is 0.592. The summed E-state index contributed by atoms with van der Waals surface area (Å²) in [6, 6.07) is 3.38. The maximum Gasteiger partial charge on any atom is 0.316 e. The van der Waals surface area contributed by atoms with E-state index in [1.54, 1.807) is 30.1 Å². The molecule has 1 aliphatic heterocycles. The SMILES string of the molecule is O=C(CSCC1CCCCO1)OCc1cc(Cl)ccn1. The first-order valence-electron chi connectivity index (χ1n) is 6.69. The normalized spacial score (nSPS) is 18.8. The summed E-state index contributed by atoms with van der Waals surface area (Å²) in [7, 11) is 0. The quantitative estimate of drug-likeness (QED) is 0.755. The van der Waals surface area contributed by atoms with E-state index in [0.717, 1.165) is 25.2 Å². The molecule has 0 saturated carbocycles. The van der Waals surface area contributed by atoms with Crippen LogP contribution < -0.4 is 0 Å². The Balaban J connectivity index is 1.60. The summed E-state index contributed by atoms with van der Waals surface area (Å²) >= 11 is 7.39. The van der Waals surface area contributed by atoms with Crippen molar-refractivity contribution in [2.45, 2.75) is 32.0 Å². The molecule has 1 aromatic heterocycles. The molecule has 1 aromatic rings. The molecule has 0 aromatic carbocycles. The van der Waals surface area contributed by atoms with Crippen LogP contribution >= 0.6 is 23.4 Å². The third-order valence-electron chi connectivity index (χ3n) is 2.96. The molecule has 110 valence electrons. The fourth-order valence-electron chi connectivity index (χ4n) is 1.94. The van der Waals surface area contributed by atoms with Crippen molar-refractivity contribution >= 4 is 29.3 Å². The summed E-state index contributed by atoms with van der Waals surface area (Å²) in [6.45, 7) is 1.01. The third kappa shape index (κ3) is 5.69. The Morgan fingerprint density at radius 3 is 3.20 bits per heavy atom. The standard InChI is InChI=1S/C14H18ClNO3S/c15-11-4-5-16-12(7-11)8-19-14(17)10-20-9-13-3-1-2-6-18-13/h4-5,7,13H,1-3,6,8-10H2. The van der Waals surface area contributed by atoms with E-state index in [0.29, 0.717) is 16.5 Å². The lowest BCUT2D eigenvalue weighted by Gasteiger charge is -2.21. The molecule has 1 unspecified atom stereocenters. The molecular formula is C14H18ClNO3S. The van der Waals surface area contributed by atoms with Gasteiger partial charge in [0.2, 0.25) is 0 Å². The number of ether oxygens (including phenoxy) is 2. The zero-order valence-corrected chi connectivity index (χ0v) is 12.8. The number of carbonyl (C=O) groups excluding carboxylic acids is 1. The van der Waals surface area contributed by atoms with Gasteiger partial charge in [-0.3, -0.25) is 9.78 Å². The Morgan fingerprint density at radius 1 is 1.55 bits per heavy atom. The molecule has 0 spiro atoms. The number of rotatable bonds is 6. The predicted molar refractivity (Wildman–Crippen MR) is 80.0 cm³/mol. The highest BCUT2D eigenvalue weighted by atomic mass is 35.5. The molecule has 1 atom stereocenters. The van der Waals surface area contributed by atoms with Crippen molar-refractivity contribution < 1.29 is 14.3 Å². The smallest absolute Gasteiger partial charge is 0.316 e. The molecule has 4 nitrogen and oxygen atoms in total. The zero-order chi connectivity index (χ0) is 14.2. The van der Waals surface area contributed by atoms with Crippen LogP contribution in [0.4, 0.5) is 0 Å². The molecule has 0 aliphatic carbocycles. The molecule has 1 fully saturated rings. The molecule has 0 amide bonds. The van der Waals surface area contributed by atoms with Gasteiger partial charge in [0, 0.05) is 23.6 Å². The zero-order valence-electron chi connectivity index (χ0n) is 11.2. The van der Waals surface area contributed by atoms with Crippen LogP contribution in [-0.4, -0.2) is 35.2 Å². The maximum atomic E-state index is 11.6. The molecule has 0 N–H and O–H groups in total. The number of aromatic nitrogens is 1. The fourth-order valence-corrected chi connectivity index (χ4v) is 3.01. The summed E-state index contributed by atoms with van der Waals surface area (Å²) in [4.78, 5) is 15.7. The van der Waals surface area contributed by atoms with E-state index in [9.17, 15) is 4.79 Å². The minimum atomic E-state index is -0.229. The lowest BCUT2D eigenvalue weighted by molar-refractivity contribution is -0.141. The van der Waals surface area contributed by atoms with E-state index < -0.39 is 0 Å². The minimum Gasteiger partial charge on any atom is -0.459 e. The van der Waals surface area contributed by atoms with Crippen LogP contribution in [-0.2, 0) is 20.9 Å². The number of thioether (sulfide) groups is 1. The van der Waals surface area contributed by atoms with E-state index >= 15 is 0 Å². The molecule has 0 bridgehead atoms. The van der Waals surface area contributed by atoms with E-state index in [1.165, 1.54) is 6.42 Å². The van der Waals surface area contributed by atoms with E-state index in [-0.39, 0.29) is 18.7 Å². The van der Waals surface area contributed by atoms with Gasteiger partial charge in [0.1, 0.15) is 6.61 Å². The number of esters is 1. The van der Waals surface area contributed by atoms with Gasteiger partial charge in [-0.2, -0.15) is 0 Å². The number of halogens is 1. The van der Waals surface area contributed by atoms with Crippen molar-refractivity contribution in [2.24, 2.45) is 0 Å². The van der Waals surface area contributed by atoms with Crippen molar-refractivity contribution in [2.75, 3.05) is 18.1 Å². The van der Waals surface area contributed by atoms with Crippen LogP contribution in [0.1, 0.15) is 25.0 Å². The Kier molecular flexibility index (Phi) is 6.63. The highest BCUT2D eigenvalue weighted by Gasteiger charge is 2.14. The number of hydrogen-bond donors (Lipinski definition) is 0. The van der Waals surface area contributed by atoms with Crippen molar-refractivity contribution in [3.63, 3.8) is 0 Å². The van der Waals surface area contributed by atoms with Gasteiger partial charge in [-0.1, -0.05) is 11.6 Å². The Labute approximate surface area is 128 Å². The average molecular weight is 316 g/mol. The number of nitrogens with zero attached hydrogens (tertiary/aromatic N) is 1. The molecule has 2 heterocycles. The van der Waals surface area contributed by atoms with Gasteiger partial charge >= 0.3 is 5.97 Å². The summed E-state index contributed by atoms with van der Waals surface area (Å²) in [5.41, 5.74) is 0.659. The molecular weight excluding hydrogens is 298 g/mol. The van der Waals surface area contributed by atoms with Gasteiger partial charge in [0.15, 0.2) is 0 Å². The van der Waals surface area contributed by atoms with E-state index in [2.05, 4.69) is 4.98 Å². The lowest BCUT2D eigenvalue weighted by atomic mass is 10.1. The predicted octanol–water partition coefficient (Wildman–Crippen LogP) is 3.08. The summed E-state index contributed by atoms with van der Waals surface area (Å²) in [6.07, 6.45) is 5.34. The first-order chi connectivity index (χ1) is 9.74. The van der Waals surface area contributed by atoms with Crippen LogP contribution in [0.2, 0.25) is 5.02 Å². The third-order valence-corrected chi connectivity index (χ3v) is 4.24. The summed E-state index contributed by atoms with van der Waals surface area (Å²) in [5.74, 6) is 0.970. The Bertz CT molecular complexity index is 438.